The van der Waals surface area contributed by atoms with E-state index in [2.05, 4.69) is 65.8 Å². The Morgan fingerprint density at radius 2 is 1.44 bits per heavy atom. The summed E-state index contributed by atoms with van der Waals surface area (Å²) in [7, 11) is -1.79. The Balaban J connectivity index is 2.03. The molecule has 0 aliphatic heterocycles. The van der Waals surface area contributed by atoms with Crippen LogP contribution in [0.2, 0.25) is 0 Å². The van der Waals surface area contributed by atoms with E-state index in [-0.39, 0.29) is 5.78 Å². The number of ketones is 1. The second-order valence-electron chi connectivity index (χ2n) is 7.12. The van der Waals surface area contributed by atoms with Crippen LogP contribution >= 0.6 is 7.41 Å². The van der Waals surface area contributed by atoms with E-state index in [0.29, 0.717) is 12.5 Å². The number of nitrogens with one attached hydrogen (secondary N) is 1. The molecule has 0 atom stereocenters. The Morgan fingerprint density at radius 1 is 0.920 bits per heavy atom. The monoisotopic (exact) mass is 354 g/mol. The van der Waals surface area contributed by atoms with Crippen LogP contribution in [0.25, 0.3) is 0 Å². The third kappa shape index (κ3) is 4.57. The lowest BCUT2D eigenvalue weighted by Gasteiger charge is -2.33. The predicted molar refractivity (Wildman–Crippen MR) is 109 cm³/mol. The second kappa shape index (κ2) is 8.74. The maximum Gasteiger partial charge on any atom is 0.146 e. The van der Waals surface area contributed by atoms with Gasteiger partial charge in [0.1, 0.15) is 23.8 Å². The molecule has 0 aromatic heterocycles. The van der Waals surface area contributed by atoms with Crippen molar-refractivity contribution in [1.82, 2.24) is 5.09 Å². The summed E-state index contributed by atoms with van der Waals surface area (Å²) in [4.78, 5) is 11.8. The Labute approximate surface area is 152 Å². The van der Waals surface area contributed by atoms with Gasteiger partial charge >= 0.3 is 0 Å². The van der Waals surface area contributed by atoms with Crippen molar-refractivity contribution in [1.29, 1.82) is 0 Å². The summed E-state index contributed by atoms with van der Waals surface area (Å²) in [6, 6.07) is 22.2. The van der Waals surface area contributed by atoms with E-state index < -0.39 is 7.41 Å². The molecule has 3 rings (SSSR count). The van der Waals surface area contributed by atoms with Crippen molar-refractivity contribution in [2.45, 2.75) is 51.5 Å². The Morgan fingerprint density at radius 3 is 1.92 bits per heavy atom. The first-order valence-electron chi connectivity index (χ1n) is 9.47. The van der Waals surface area contributed by atoms with Gasteiger partial charge in [0.2, 0.25) is 0 Å². The quantitative estimate of drug-likeness (QED) is 0.743. The van der Waals surface area contributed by atoms with E-state index in [1.54, 1.807) is 6.92 Å². The summed E-state index contributed by atoms with van der Waals surface area (Å²) < 4.78 is 0. The van der Waals surface area contributed by atoms with Gasteiger partial charge in [0, 0.05) is 12.5 Å². The maximum absolute atomic E-state index is 11.8. The van der Waals surface area contributed by atoms with Crippen LogP contribution in [0.5, 0.6) is 0 Å². The fraction of sp³-hybridized carbons (Fsp3) is 0.409. The van der Waals surface area contributed by atoms with Crippen molar-refractivity contribution in [3.8, 4) is 0 Å². The van der Waals surface area contributed by atoms with Crippen LogP contribution in [0.15, 0.2) is 60.7 Å². The summed E-state index contributed by atoms with van der Waals surface area (Å²) in [6.45, 7) is 1.71. The van der Waals surface area contributed by atoms with Crippen LogP contribution < -0.4 is 15.7 Å². The summed E-state index contributed by atoms with van der Waals surface area (Å²) in [5.41, 5.74) is 0. The third-order valence-electron chi connectivity index (χ3n) is 5.20. The molecule has 2 nitrogen and oxygen atoms in total. The molecule has 0 spiro atoms. The summed E-state index contributed by atoms with van der Waals surface area (Å²) in [5, 5.41) is 6.85. The van der Waals surface area contributed by atoms with Gasteiger partial charge in [-0.15, -0.1) is 0 Å². The Kier molecular flexibility index (Phi) is 6.39. The highest BCUT2D eigenvalue weighted by Crippen LogP contribution is 2.54. The fourth-order valence-electron chi connectivity index (χ4n) is 3.85. The molecule has 0 radical (unpaired) electrons. The van der Waals surface area contributed by atoms with Crippen LogP contribution in [-0.2, 0) is 4.79 Å². The highest BCUT2D eigenvalue weighted by Gasteiger charge is 2.44. The smallest absolute Gasteiger partial charge is 0.146 e. The number of hydrogen-bond donors (Lipinski definition) is 1. The van der Waals surface area contributed by atoms with Gasteiger partial charge in [-0.2, -0.15) is 5.09 Å². The van der Waals surface area contributed by atoms with E-state index >= 15 is 0 Å². The zero-order valence-electron chi connectivity index (χ0n) is 15.2. The van der Waals surface area contributed by atoms with Crippen LogP contribution in [-0.4, -0.2) is 18.0 Å². The second-order valence-corrected chi connectivity index (χ2v) is 10.5. The van der Waals surface area contributed by atoms with Crippen molar-refractivity contribution in [2.75, 3.05) is 6.16 Å². The standard InChI is InChI=1S/C22H29NOP/c1-19(24)17-18-25(21-13-7-3-8-14-21,22-15-9-4-10-16-22)23-20-11-5-2-6-12-20/h3-4,7-10,13-16,20,23H,2,5-6,11-12,17-18H2,1H3/q+1. The summed E-state index contributed by atoms with van der Waals surface area (Å²) >= 11 is 0. The zero-order valence-corrected chi connectivity index (χ0v) is 16.1. The average molecular weight is 354 g/mol. The molecule has 132 valence electrons. The Bertz CT molecular complexity index is 625. The zero-order chi connectivity index (χ0) is 17.5. The molecule has 2 aromatic carbocycles. The van der Waals surface area contributed by atoms with Crippen molar-refractivity contribution >= 4 is 23.8 Å². The van der Waals surface area contributed by atoms with Gasteiger partial charge in [-0.25, -0.2) is 0 Å². The molecule has 0 unspecified atom stereocenters. The summed E-state index contributed by atoms with van der Waals surface area (Å²) in [6.07, 6.45) is 8.03. The topological polar surface area (TPSA) is 29.1 Å². The third-order valence-corrected chi connectivity index (χ3v) is 9.26. The molecule has 1 aliphatic carbocycles. The Hall–Kier alpha value is -1.50. The van der Waals surface area contributed by atoms with Crippen LogP contribution in [0.3, 0.4) is 0 Å². The molecular weight excluding hydrogens is 325 g/mol. The average Bonchev–Trinajstić information content (AvgIpc) is 2.67. The lowest BCUT2D eigenvalue weighted by Crippen LogP contribution is -2.42. The molecule has 1 N–H and O–H groups in total. The number of hydrogen-bond acceptors (Lipinski definition) is 2. The fourth-order valence-corrected chi connectivity index (χ4v) is 7.99. The van der Waals surface area contributed by atoms with E-state index in [0.717, 1.165) is 6.16 Å². The van der Waals surface area contributed by atoms with Crippen molar-refractivity contribution in [2.24, 2.45) is 0 Å². The highest BCUT2D eigenvalue weighted by molar-refractivity contribution is 7.87. The molecule has 25 heavy (non-hydrogen) atoms. The minimum absolute atomic E-state index is 0.279. The van der Waals surface area contributed by atoms with E-state index in [9.17, 15) is 4.79 Å². The predicted octanol–water partition coefficient (Wildman–Crippen LogP) is 4.47. The molecule has 0 amide bonds. The van der Waals surface area contributed by atoms with E-state index in [1.165, 1.54) is 42.7 Å². The lowest BCUT2D eigenvalue weighted by molar-refractivity contribution is -0.116. The minimum atomic E-state index is -1.79. The normalized spacial score (nSPS) is 15.9. The first-order valence-corrected chi connectivity index (χ1v) is 11.4. The van der Waals surface area contributed by atoms with Crippen molar-refractivity contribution < 1.29 is 4.79 Å². The maximum atomic E-state index is 11.8. The molecule has 0 saturated heterocycles. The number of Topliss-reactive ketones (excluding diaryl/α,β-unsaturated/α-hetero) is 1. The molecule has 1 aliphatic rings. The molecular formula is C22H29NOP+. The van der Waals surface area contributed by atoms with Crippen LogP contribution in [0, 0.1) is 0 Å². The highest BCUT2D eigenvalue weighted by atomic mass is 31.2. The van der Waals surface area contributed by atoms with Gasteiger partial charge in [0.05, 0.1) is 6.16 Å². The molecule has 2 aromatic rings. The van der Waals surface area contributed by atoms with Crippen LogP contribution in [0.1, 0.15) is 45.4 Å². The van der Waals surface area contributed by atoms with Crippen molar-refractivity contribution in [3.63, 3.8) is 0 Å². The number of carbonyl (C=O) groups is 1. The molecule has 1 saturated carbocycles. The van der Waals surface area contributed by atoms with Gasteiger partial charge in [-0.05, 0) is 44.0 Å². The van der Waals surface area contributed by atoms with Crippen molar-refractivity contribution in [3.05, 3.63) is 60.7 Å². The van der Waals surface area contributed by atoms with Gasteiger partial charge in [-0.1, -0.05) is 55.7 Å². The first kappa shape index (κ1) is 18.3. The first-order chi connectivity index (χ1) is 12.2. The SMILES string of the molecule is CC(=O)CC[P+](NC1CCCCC1)(c1ccccc1)c1ccccc1. The largest absolute Gasteiger partial charge is 0.300 e. The lowest BCUT2D eigenvalue weighted by atomic mass is 9.96. The minimum Gasteiger partial charge on any atom is -0.300 e. The number of carbonyl (C=O) groups excluding carboxylic acids is 1. The van der Waals surface area contributed by atoms with Crippen LogP contribution in [0.4, 0.5) is 0 Å². The molecule has 0 heterocycles. The molecule has 0 bridgehead atoms. The van der Waals surface area contributed by atoms with E-state index in [1.807, 2.05) is 0 Å². The van der Waals surface area contributed by atoms with Gasteiger partial charge in [-0.3, -0.25) is 4.79 Å². The van der Waals surface area contributed by atoms with Gasteiger partial charge in [0.25, 0.3) is 0 Å². The van der Waals surface area contributed by atoms with Gasteiger partial charge in [0.15, 0.2) is 0 Å². The molecule has 1 fully saturated rings. The summed E-state index contributed by atoms with van der Waals surface area (Å²) in [5.74, 6) is 0.279. The molecule has 3 heteroatoms. The number of rotatable bonds is 7. The van der Waals surface area contributed by atoms with Gasteiger partial charge < -0.3 is 0 Å². The number of benzene rings is 2. The van der Waals surface area contributed by atoms with E-state index in [4.69, 9.17) is 0 Å².